The Morgan fingerprint density at radius 1 is 1.20 bits per heavy atom. The molecule has 20 heavy (non-hydrogen) atoms. The average molecular weight is 287 g/mol. The second-order valence-corrected chi connectivity index (χ2v) is 5.95. The topological polar surface area (TPSA) is 54.0 Å². The molecule has 0 atom stereocenters. The lowest BCUT2D eigenvalue weighted by molar-refractivity contribution is -0.114. The van der Waals surface area contributed by atoms with Crippen LogP contribution in [0.25, 0.3) is 0 Å². The van der Waals surface area contributed by atoms with E-state index < -0.39 is 0 Å². The summed E-state index contributed by atoms with van der Waals surface area (Å²) in [6, 6.07) is 9.71. The molecule has 2 N–H and O–H groups in total. The van der Waals surface area contributed by atoms with Crippen molar-refractivity contribution < 1.29 is 4.79 Å². The minimum absolute atomic E-state index is 0.0556. The minimum Gasteiger partial charge on any atom is -0.376 e. The van der Waals surface area contributed by atoms with E-state index >= 15 is 0 Å². The number of anilines is 2. The Labute approximate surface area is 122 Å². The molecule has 0 fully saturated rings. The molecule has 5 heteroatoms. The van der Waals surface area contributed by atoms with Gasteiger partial charge >= 0.3 is 0 Å². The van der Waals surface area contributed by atoms with Crippen LogP contribution < -0.4 is 10.6 Å². The summed E-state index contributed by atoms with van der Waals surface area (Å²) in [6.45, 7) is 0.258. The van der Waals surface area contributed by atoms with Crippen molar-refractivity contribution >= 4 is 28.1 Å². The standard InChI is InChI=1S/C15H17N3OS/c19-14(10-16-11-6-2-1-3-7-11)18-15-17-12-8-4-5-9-13(12)20-15/h1-3,6-7,16H,4-5,8-10H2,(H,17,18,19). The number of benzene rings is 1. The molecular formula is C15H17N3OS. The van der Waals surface area contributed by atoms with Crippen LogP contribution in [-0.4, -0.2) is 17.4 Å². The molecule has 0 aliphatic heterocycles. The van der Waals surface area contributed by atoms with E-state index in [9.17, 15) is 4.79 Å². The third-order valence-electron chi connectivity index (χ3n) is 3.32. The number of rotatable bonds is 4. The quantitative estimate of drug-likeness (QED) is 0.908. The lowest BCUT2D eigenvalue weighted by atomic mass is 10.0. The highest BCUT2D eigenvalue weighted by Crippen LogP contribution is 2.29. The first-order valence-electron chi connectivity index (χ1n) is 6.88. The van der Waals surface area contributed by atoms with Gasteiger partial charge in [-0.3, -0.25) is 4.79 Å². The van der Waals surface area contributed by atoms with E-state index in [1.807, 2.05) is 30.3 Å². The molecule has 1 aromatic carbocycles. The number of aryl methyl sites for hydroxylation is 2. The van der Waals surface area contributed by atoms with Gasteiger partial charge in [-0.05, 0) is 37.8 Å². The van der Waals surface area contributed by atoms with Crippen molar-refractivity contribution in [3.05, 3.63) is 40.9 Å². The van der Waals surface area contributed by atoms with Gasteiger partial charge in [0.2, 0.25) is 5.91 Å². The number of thiazole rings is 1. The van der Waals surface area contributed by atoms with Crippen LogP contribution in [0.4, 0.5) is 10.8 Å². The lowest BCUT2D eigenvalue weighted by Crippen LogP contribution is -2.21. The van der Waals surface area contributed by atoms with Gasteiger partial charge in [0.25, 0.3) is 0 Å². The van der Waals surface area contributed by atoms with Crippen LogP contribution in [0, 0.1) is 0 Å². The number of carbonyl (C=O) groups is 1. The Morgan fingerprint density at radius 3 is 2.80 bits per heavy atom. The van der Waals surface area contributed by atoms with Crippen molar-refractivity contribution in [2.24, 2.45) is 0 Å². The van der Waals surface area contributed by atoms with Gasteiger partial charge in [-0.1, -0.05) is 18.2 Å². The minimum atomic E-state index is -0.0556. The number of para-hydroxylation sites is 1. The SMILES string of the molecule is O=C(CNc1ccccc1)Nc1nc2c(s1)CCCC2. The summed E-state index contributed by atoms with van der Waals surface area (Å²) in [5.74, 6) is -0.0556. The molecule has 2 aromatic rings. The molecule has 1 aliphatic carbocycles. The van der Waals surface area contributed by atoms with E-state index in [1.54, 1.807) is 11.3 Å². The van der Waals surface area contributed by atoms with Gasteiger partial charge in [0.15, 0.2) is 5.13 Å². The molecule has 3 rings (SSSR count). The fourth-order valence-electron chi connectivity index (χ4n) is 2.31. The Bertz CT molecular complexity index is 571. The molecule has 104 valence electrons. The molecule has 1 heterocycles. The summed E-state index contributed by atoms with van der Waals surface area (Å²) in [4.78, 5) is 17.7. The first kappa shape index (κ1) is 13.1. The molecule has 0 radical (unpaired) electrons. The van der Waals surface area contributed by atoms with E-state index in [0.717, 1.165) is 23.7 Å². The normalized spacial score (nSPS) is 13.6. The molecule has 0 saturated heterocycles. The van der Waals surface area contributed by atoms with Crippen molar-refractivity contribution in [1.82, 2.24) is 4.98 Å². The Kier molecular flexibility index (Phi) is 3.97. The maximum atomic E-state index is 11.9. The number of nitrogens with zero attached hydrogens (tertiary/aromatic N) is 1. The summed E-state index contributed by atoms with van der Waals surface area (Å²) in [5.41, 5.74) is 2.12. The molecular weight excluding hydrogens is 270 g/mol. The molecule has 1 aliphatic rings. The van der Waals surface area contributed by atoms with E-state index in [-0.39, 0.29) is 12.5 Å². The molecule has 1 aromatic heterocycles. The van der Waals surface area contributed by atoms with Crippen LogP contribution in [0.1, 0.15) is 23.4 Å². The number of hydrogen-bond acceptors (Lipinski definition) is 4. The second-order valence-electron chi connectivity index (χ2n) is 4.86. The molecule has 0 spiro atoms. The fraction of sp³-hybridized carbons (Fsp3) is 0.333. The highest BCUT2D eigenvalue weighted by molar-refractivity contribution is 7.15. The van der Waals surface area contributed by atoms with Crippen LogP contribution in [0.5, 0.6) is 0 Å². The van der Waals surface area contributed by atoms with E-state index in [4.69, 9.17) is 0 Å². The van der Waals surface area contributed by atoms with Crippen LogP contribution in [0.15, 0.2) is 30.3 Å². The van der Waals surface area contributed by atoms with Gasteiger partial charge in [0.1, 0.15) is 0 Å². The largest absolute Gasteiger partial charge is 0.376 e. The van der Waals surface area contributed by atoms with Gasteiger partial charge in [0, 0.05) is 10.6 Å². The third kappa shape index (κ3) is 3.17. The van der Waals surface area contributed by atoms with Crippen LogP contribution in [0.2, 0.25) is 0 Å². The predicted molar refractivity (Wildman–Crippen MR) is 82.3 cm³/mol. The number of hydrogen-bond donors (Lipinski definition) is 2. The monoisotopic (exact) mass is 287 g/mol. The molecule has 0 saturated carbocycles. The molecule has 0 unspecified atom stereocenters. The van der Waals surface area contributed by atoms with Crippen molar-refractivity contribution in [2.75, 3.05) is 17.2 Å². The van der Waals surface area contributed by atoms with Gasteiger partial charge in [-0.2, -0.15) is 0 Å². The number of amides is 1. The number of aromatic nitrogens is 1. The van der Waals surface area contributed by atoms with Gasteiger partial charge in [0.05, 0.1) is 12.2 Å². The predicted octanol–water partition coefficient (Wildman–Crippen LogP) is 3.07. The maximum absolute atomic E-state index is 11.9. The van der Waals surface area contributed by atoms with Crippen LogP contribution in [-0.2, 0) is 17.6 Å². The van der Waals surface area contributed by atoms with Crippen LogP contribution >= 0.6 is 11.3 Å². The van der Waals surface area contributed by atoms with Crippen LogP contribution in [0.3, 0.4) is 0 Å². The average Bonchev–Trinajstić information content (AvgIpc) is 2.88. The summed E-state index contributed by atoms with van der Waals surface area (Å²) in [6.07, 6.45) is 4.59. The van der Waals surface area contributed by atoms with Crippen molar-refractivity contribution in [3.63, 3.8) is 0 Å². The zero-order valence-electron chi connectivity index (χ0n) is 11.2. The van der Waals surface area contributed by atoms with E-state index in [1.165, 1.54) is 23.4 Å². The number of fused-ring (bicyclic) bond motifs is 1. The summed E-state index contributed by atoms with van der Waals surface area (Å²) >= 11 is 1.61. The fourth-order valence-corrected chi connectivity index (χ4v) is 3.37. The van der Waals surface area contributed by atoms with E-state index in [2.05, 4.69) is 15.6 Å². The van der Waals surface area contributed by atoms with Gasteiger partial charge in [-0.25, -0.2) is 4.98 Å². The first-order chi connectivity index (χ1) is 9.81. The highest BCUT2D eigenvalue weighted by Gasteiger charge is 2.16. The first-order valence-corrected chi connectivity index (χ1v) is 7.70. The zero-order chi connectivity index (χ0) is 13.8. The molecule has 4 nitrogen and oxygen atoms in total. The summed E-state index contributed by atoms with van der Waals surface area (Å²) in [5, 5.41) is 6.70. The summed E-state index contributed by atoms with van der Waals surface area (Å²) in [7, 11) is 0. The van der Waals surface area contributed by atoms with Gasteiger partial charge < -0.3 is 10.6 Å². The third-order valence-corrected chi connectivity index (χ3v) is 4.39. The summed E-state index contributed by atoms with van der Waals surface area (Å²) < 4.78 is 0. The smallest absolute Gasteiger partial charge is 0.245 e. The molecule has 0 bridgehead atoms. The number of nitrogens with one attached hydrogen (secondary N) is 2. The highest BCUT2D eigenvalue weighted by atomic mass is 32.1. The number of carbonyl (C=O) groups excluding carboxylic acids is 1. The lowest BCUT2D eigenvalue weighted by Gasteiger charge is -2.06. The van der Waals surface area contributed by atoms with E-state index in [0.29, 0.717) is 0 Å². The second kappa shape index (κ2) is 6.05. The van der Waals surface area contributed by atoms with Crippen molar-refractivity contribution in [2.45, 2.75) is 25.7 Å². The molecule has 1 amide bonds. The Balaban J connectivity index is 1.55. The Morgan fingerprint density at radius 2 is 2.00 bits per heavy atom. The maximum Gasteiger partial charge on any atom is 0.245 e. The van der Waals surface area contributed by atoms with Crippen molar-refractivity contribution in [3.8, 4) is 0 Å². The van der Waals surface area contributed by atoms with Crippen molar-refractivity contribution in [1.29, 1.82) is 0 Å². The Hall–Kier alpha value is -1.88. The van der Waals surface area contributed by atoms with Gasteiger partial charge in [-0.15, -0.1) is 11.3 Å². The zero-order valence-corrected chi connectivity index (χ0v) is 12.0.